The van der Waals surface area contributed by atoms with Gasteiger partial charge in [-0.2, -0.15) is 0 Å². The van der Waals surface area contributed by atoms with E-state index in [0.29, 0.717) is 5.02 Å². The Morgan fingerprint density at radius 3 is 2.39 bits per heavy atom. The molecule has 0 aliphatic heterocycles. The molecule has 1 amide bonds. The highest BCUT2D eigenvalue weighted by atomic mass is 35.5. The Bertz CT molecular complexity index is 598. The van der Waals surface area contributed by atoms with Gasteiger partial charge in [0.1, 0.15) is 5.82 Å². The monoisotopic (exact) mass is 336 g/mol. The number of hydrogen-bond acceptors (Lipinski definition) is 2. The van der Waals surface area contributed by atoms with Gasteiger partial charge in [-0.3, -0.25) is 4.79 Å². The van der Waals surface area contributed by atoms with Gasteiger partial charge in [-0.05, 0) is 74.5 Å². The van der Waals surface area contributed by atoms with Crippen molar-refractivity contribution in [2.45, 2.75) is 44.1 Å². The average molecular weight is 337 g/mol. The lowest BCUT2D eigenvalue weighted by atomic mass is 9.53. The van der Waals surface area contributed by atoms with Crippen LogP contribution in [0, 0.1) is 23.6 Å². The largest absolute Gasteiger partial charge is 0.322 e. The molecular weight excluding hydrogens is 315 g/mol. The van der Waals surface area contributed by atoms with E-state index in [1.165, 1.54) is 56.7 Å². The van der Waals surface area contributed by atoms with Gasteiger partial charge in [0.25, 0.3) is 0 Å². The van der Waals surface area contributed by atoms with E-state index >= 15 is 0 Å². The maximum absolute atomic E-state index is 13.7. The summed E-state index contributed by atoms with van der Waals surface area (Å²) >= 11 is 5.85. The lowest BCUT2D eigenvalue weighted by molar-refractivity contribution is -0.116. The summed E-state index contributed by atoms with van der Waals surface area (Å²) in [6, 6.07) is 4.18. The summed E-state index contributed by atoms with van der Waals surface area (Å²) < 4.78 is 13.7. The van der Waals surface area contributed by atoms with E-state index in [0.717, 1.165) is 17.8 Å². The maximum Gasteiger partial charge on any atom is 0.238 e. The van der Waals surface area contributed by atoms with Crippen LogP contribution in [0.4, 0.5) is 10.1 Å². The number of hydrogen-bond donors (Lipinski definition) is 2. The Morgan fingerprint density at radius 1 is 1.17 bits per heavy atom. The number of anilines is 1. The Kier molecular flexibility index (Phi) is 3.85. The van der Waals surface area contributed by atoms with E-state index in [-0.39, 0.29) is 23.7 Å². The van der Waals surface area contributed by atoms with Crippen LogP contribution < -0.4 is 10.6 Å². The Labute approximate surface area is 141 Å². The lowest BCUT2D eigenvalue weighted by Crippen LogP contribution is -2.59. The highest BCUT2D eigenvalue weighted by Crippen LogP contribution is 2.55. The van der Waals surface area contributed by atoms with Crippen molar-refractivity contribution in [1.29, 1.82) is 0 Å². The Balaban J connectivity index is 1.37. The van der Waals surface area contributed by atoms with Crippen LogP contribution in [0.1, 0.15) is 38.5 Å². The molecule has 4 fully saturated rings. The first kappa shape index (κ1) is 15.4. The standard InChI is InChI=1S/C18H22ClFN2O/c19-14-1-2-15(20)16(6-14)22-17(23)10-21-18-7-11-3-12(8-18)5-13(4-11)9-18/h1-2,6,11-13,21H,3-5,7-10H2,(H,22,23). The Hall–Kier alpha value is -1.13. The molecule has 1 aromatic rings. The zero-order valence-electron chi connectivity index (χ0n) is 13.1. The third-order valence-electron chi connectivity index (χ3n) is 5.86. The topological polar surface area (TPSA) is 41.1 Å². The molecule has 5 heteroatoms. The predicted molar refractivity (Wildman–Crippen MR) is 88.9 cm³/mol. The van der Waals surface area contributed by atoms with E-state index < -0.39 is 5.82 Å². The molecule has 4 aliphatic carbocycles. The van der Waals surface area contributed by atoms with Crippen LogP contribution in [0.3, 0.4) is 0 Å². The number of carbonyl (C=O) groups is 1. The zero-order valence-corrected chi connectivity index (χ0v) is 13.8. The molecule has 0 aromatic heterocycles. The fraction of sp³-hybridized carbons (Fsp3) is 0.611. The van der Waals surface area contributed by atoms with Gasteiger partial charge in [0, 0.05) is 10.6 Å². The lowest BCUT2D eigenvalue weighted by Gasteiger charge is -2.57. The fourth-order valence-electron chi connectivity index (χ4n) is 5.38. The molecule has 0 atom stereocenters. The van der Waals surface area contributed by atoms with Crippen LogP contribution in [0.2, 0.25) is 5.02 Å². The molecule has 0 heterocycles. The molecule has 4 aliphatic rings. The molecule has 3 nitrogen and oxygen atoms in total. The van der Waals surface area contributed by atoms with E-state index in [9.17, 15) is 9.18 Å². The van der Waals surface area contributed by atoms with Crippen molar-refractivity contribution < 1.29 is 9.18 Å². The van der Waals surface area contributed by atoms with E-state index in [2.05, 4.69) is 10.6 Å². The summed E-state index contributed by atoms with van der Waals surface area (Å²) in [6.07, 6.45) is 7.70. The first-order valence-electron chi connectivity index (χ1n) is 8.51. The summed E-state index contributed by atoms with van der Waals surface area (Å²) in [5.41, 5.74) is 0.286. The van der Waals surface area contributed by atoms with Crippen molar-refractivity contribution in [3.63, 3.8) is 0 Å². The normalized spacial score (nSPS) is 34.6. The SMILES string of the molecule is O=C(CNC12CC3CC(CC(C3)C1)C2)Nc1cc(Cl)ccc1F. The molecule has 4 saturated carbocycles. The Morgan fingerprint density at radius 2 is 1.78 bits per heavy atom. The molecule has 0 unspecified atom stereocenters. The summed E-state index contributed by atoms with van der Waals surface area (Å²) in [5, 5.41) is 6.55. The number of amides is 1. The predicted octanol–water partition coefficient (Wildman–Crippen LogP) is 3.98. The van der Waals surface area contributed by atoms with Crippen molar-refractivity contribution in [2.75, 3.05) is 11.9 Å². The van der Waals surface area contributed by atoms with Gasteiger partial charge in [-0.15, -0.1) is 0 Å². The average Bonchev–Trinajstić information content (AvgIpc) is 2.48. The van der Waals surface area contributed by atoms with Crippen LogP contribution >= 0.6 is 11.6 Å². The number of rotatable bonds is 4. The van der Waals surface area contributed by atoms with E-state index in [1.807, 2.05) is 0 Å². The van der Waals surface area contributed by atoms with Crippen LogP contribution in [0.25, 0.3) is 0 Å². The molecule has 124 valence electrons. The maximum atomic E-state index is 13.7. The first-order valence-corrected chi connectivity index (χ1v) is 8.89. The van der Waals surface area contributed by atoms with Crippen molar-refractivity contribution in [3.05, 3.63) is 29.0 Å². The third kappa shape index (κ3) is 3.11. The van der Waals surface area contributed by atoms with Gasteiger partial charge in [0.2, 0.25) is 5.91 Å². The van der Waals surface area contributed by atoms with Gasteiger partial charge < -0.3 is 10.6 Å². The minimum absolute atomic E-state index is 0.138. The van der Waals surface area contributed by atoms with Crippen molar-refractivity contribution in [2.24, 2.45) is 17.8 Å². The summed E-state index contributed by atoms with van der Waals surface area (Å²) in [6.45, 7) is 0.234. The second-order valence-corrected chi connectivity index (χ2v) is 8.16. The van der Waals surface area contributed by atoms with Crippen LogP contribution in [-0.4, -0.2) is 18.0 Å². The molecule has 5 rings (SSSR count). The van der Waals surface area contributed by atoms with Gasteiger partial charge in [-0.25, -0.2) is 4.39 Å². The fourth-order valence-corrected chi connectivity index (χ4v) is 5.55. The number of halogens is 2. The van der Waals surface area contributed by atoms with E-state index in [4.69, 9.17) is 11.6 Å². The first-order chi connectivity index (χ1) is 11.0. The van der Waals surface area contributed by atoms with Crippen molar-refractivity contribution in [1.82, 2.24) is 5.32 Å². The van der Waals surface area contributed by atoms with Crippen LogP contribution in [0.15, 0.2) is 18.2 Å². The highest BCUT2D eigenvalue weighted by molar-refractivity contribution is 6.30. The van der Waals surface area contributed by atoms with Crippen LogP contribution in [0.5, 0.6) is 0 Å². The van der Waals surface area contributed by atoms with Gasteiger partial charge in [-0.1, -0.05) is 11.6 Å². The number of benzene rings is 1. The molecule has 0 spiro atoms. The molecule has 0 radical (unpaired) electrons. The molecule has 0 saturated heterocycles. The smallest absolute Gasteiger partial charge is 0.238 e. The molecule has 1 aromatic carbocycles. The van der Waals surface area contributed by atoms with E-state index in [1.54, 1.807) is 0 Å². The van der Waals surface area contributed by atoms with Gasteiger partial charge in [0.15, 0.2) is 0 Å². The summed E-state index contributed by atoms with van der Waals surface area (Å²) in [7, 11) is 0. The molecule has 4 bridgehead atoms. The minimum Gasteiger partial charge on any atom is -0.322 e. The van der Waals surface area contributed by atoms with Crippen molar-refractivity contribution in [3.8, 4) is 0 Å². The van der Waals surface area contributed by atoms with Gasteiger partial charge in [0.05, 0.1) is 12.2 Å². The molecule has 2 N–H and O–H groups in total. The minimum atomic E-state index is -0.461. The number of nitrogens with one attached hydrogen (secondary N) is 2. The number of carbonyl (C=O) groups excluding carboxylic acids is 1. The molecular formula is C18H22ClFN2O. The summed E-state index contributed by atoms with van der Waals surface area (Å²) in [5.74, 6) is 1.84. The van der Waals surface area contributed by atoms with Crippen molar-refractivity contribution >= 4 is 23.2 Å². The quantitative estimate of drug-likeness (QED) is 0.873. The third-order valence-corrected chi connectivity index (χ3v) is 6.10. The highest BCUT2D eigenvalue weighted by Gasteiger charge is 2.50. The zero-order chi connectivity index (χ0) is 16.0. The second kappa shape index (κ2) is 5.75. The second-order valence-electron chi connectivity index (χ2n) is 7.72. The summed E-state index contributed by atoms with van der Waals surface area (Å²) in [4.78, 5) is 12.2. The van der Waals surface area contributed by atoms with Gasteiger partial charge >= 0.3 is 0 Å². The molecule has 23 heavy (non-hydrogen) atoms. The van der Waals surface area contributed by atoms with Crippen LogP contribution in [-0.2, 0) is 4.79 Å².